The third kappa shape index (κ3) is 3.51. The lowest BCUT2D eigenvalue weighted by Gasteiger charge is -2.07. The number of ether oxygens (including phenoxy) is 1. The lowest BCUT2D eigenvalue weighted by atomic mass is 10.1. The number of carbonyl (C=O) groups is 1. The maximum Gasteiger partial charge on any atom is 0.335 e. The van der Waals surface area contributed by atoms with E-state index in [4.69, 9.17) is 9.84 Å². The van der Waals surface area contributed by atoms with Crippen LogP contribution in [0.1, 0.15) is 15.9 Å². The molecule has 19 heavy (non-hydrogen) atoms. The Balaban J connectivity index is 2.04. The fraction of sp³-hybridized carbons (Fsp3) is 0.133. The second-order valence-corrected chi connectivity index (χ2v) is 4.96. The number of para-hydroxylation sites is 1. The van der Waals surface area contributed by atoms with E-state index in [0.29, 0.717) is 5.56 Å². The van der Waals surface area contributed by atoms with E-state index in [0.717, 1.165) is 22.0 Å². The van der Waals surface area contributed by atoms with Crippen molar-refractivity contribution < 1.29 is 14.6 Å². The summed E-state index contributed by atoms with van der Waals surface area (Å²) in [6.45, 7) is 0. The van der Waals surface area contributed by atoms with Gasteiger partial charge in [0.2, 0.25) is 0 Å². The molecule has 1 N–H and O–H groups in total. The molecule has 0 spiro atoms. The first-order valence-corrected chi connectivity index (χ1v) is 6.77. The van der Waals surface area contributed by atoms with Gasteiger partial charge in [0.15, 0.2) is 0 Å². The number of rotatable bonds is 5. The van der Waals surface area contributed by atoms with Crippen molar-refractivity contribution in [2.45, 2.75) is 10.6 Å². The number of benzene rings is 2. The zero-order valence-corrected chi connectivity index (χ0v) is 11.3. The molecule has 0 aliphatic carbocycles. The molecule has 0 unspecified atom stereocenters. The molecule has 4 heteroatoms. The first kappa shape index (κ1) is 13.5. The van der Waals surface area contributed by atoms with Crippen LogP contribution in [0.25, 0.3) is 0 Å². The number of carboxylic acids is 1. The highest BCUT2D eigenvalue weighted by Crippen LogP contribution is 2.31. The van der Waals surface area contributed by atoms with Crippen LogP contribution in [0.2, 0.25) is 0 Å². The highest BCUT2D eigenvalue weighted by molar-refractivity contribution is 7.98. The molecule has 0 amide bonds. The number of thioether (sulfide) groups is 1. The van der Waals surface area contributed by atoms with Gasteiger partial charge in [-0.25, -0.2) is 4.79 Å². The number of aromatic carboxylic acids is 1. The Morgan fingerprint density at radius 2 is 1.84 bits per heavy atom. The van der Waals surface area contributed by atoms with E-state index in [-0.39, 0.29) is 0 Å². The summed E-state index contributed by atoms with van der Waals surface area (Å²) < 4.78 is 5.29. The molecule has 0 aliphatic heterocycles. The Hall–Kier alpha value is -1.94. The lowest BCUT2D eigenvalue weighted by molar-refractivity contribution is 0.0697. The van der Waals surface area contributed by atoms with E-state index in [1.54, 1.807) is 31.0 Å². The zero-order valence-electron chi connectivity index (χ0n) is 10.5. The summed E-state index contributed by atoms with van der Waals surface area (Å²) in [6.07, 6.45) is 0. The lowest BCUT2D eigenvalue weighted by Crippen LogP contribution is -1.95. The Morgan fingerprint density at radius 3 is 2.47 bits per heavy atom. The number of methoxy groups -OCH3 is 1. The molecule has 0 aliphatic rings. The normalized spacial score (nSPS) is 10.2. The minimum Gasteiger partial charge on any atom is -0.496 e. The molecule has 3 nitrogen and oxygen atoms in total. The molecular formula is C15H14O3S. The maximum absolute atomic E-state index is 10.8. The Morgan fingerprint density at radius 1 is 1.16 bits per heavy atom. The van der Waals surface area contributed by atoms with Crippen LogP contribution in [-0.4, -0.2) is 18.2 Å². The van der Waals surface area contributed by atoms with Gasteiger partial charge in [0.1, 0.15) is 5.75 Å². The number of carboxylic acid groups (broad SMARTS) is 1. The maximum atomic E-state index is 10.8. The average Bonchev–Trinajstić information content (AvgIpc) is 2.45. The fourth-order valence-electron chi connectivity index (χ4n) is 1.64. The molecule has 0 atom stereocenters. The molecule has 0 aromatic heterocycles. The van der Waals surface area contributed by atoms with Crippen molar-refractivity contribution in [3.8, 4) is 5.75 Å². The largest absolute Gasteiger partial charge is 0.496 e. The fourth-order valence-corrected chi connectivity index (χ4v) is 2.63. The molecule has 2 aromatic rings. The van der Waals surface area contributed by atoms with Crippen molar-refractivity contribution in [2.24, 2.45) is 0 Å². The Bertz CT molecular complexity index is 564. The van der Waals surface area contributed by atoms with Gasteiger partial charge < -0.3 is 9.84 Å². The molecule has 2 rings (SSSR count). The minimum absolute atomic E-state index is 0.311. The quantitative estimate of drug-likeness (QED) is 0.845. The highest BCUT2D eigenvalue weighted by atomic mass is 32.2. The van der Waals surface area contributed by atoms with Crippen LogP contribution in [0.5, 0.6) is 5.75 Å². The summed E-state index contributed by atoms with van der Waals surface area (Å²) in [5.41, 5.74) is 1.40. The van der Waals surface area contributed by atoms with E-state index in [2.05, 4.69) is 0 Å². The molecule has 0 heterocycles. The SMILES string of the molecule is COc1ccccc1SCc1ccc(C(=O)O)cc1. The smallest absolute Gasteiger partial charge is 0.335 e. The van der Waals surface area contributed by atoms with E-state index in [1.165, 1.54) is 0 Å². The van der Waals surface area contributed by atoms with Gasteiger partial charge in [0.25, 0.3) is 0 Å². The number of hydrogen-bond donors (Lipinski definition) is 1. The van der Waals surface area contributed by atoms with Gasteiger partial charge in [0, 0.05) is 10.6 Å². The molecule has 0 saturated carbocycles. The average molecular weight is 274 g/mol. The number of hydrogen-bond acceptors (Lipinski definition) is 3. The van der Waals surface area contributed by atoms with Crippen LogP contribution >= 0.6 is 11.8 Å². The molecule has 98 valence electrons. The minimum atomic E-state index is -0.899. The van der Waals surface area contributed by atoms with Crippen molar-refractivity contribution in [3.05, 3.63) is 59.7 Å². The summed E-state index contributed by atoms with van der Waals surface area (Å²) in [6, 6.07) is 14.8. The first-order valence-electron chi connectivity index (χ1n) is 5.79. The predicted octanol–water partition coefficient (Wildman–Crippen LogP) is 3.69. The van der Waals surface area contributed by atoms with Crippen molar-refractivity contribution >= 4 is 17.7 Å². The first-order chi connectivity index (χ1) is 9.20. The van der Waals surface area contributed by atoms with Crippen LogP contribution < -0.4 is 4.74 Å². The molecule has 0 radical (unpaired) electrons. The zero-order chi connectivity index (χ0) is 13.7. The molecule has 2 aromatic carbocycles. The van der Waals surface area contributed by atoms with Crippen LogP contribution in [0.15, 0.2) is 53.4 Å². The molecular weight excluding hydrogens is 260 g/mol. The second kappa shape index (κ2) is 6.29. The van der Waals surface area contributed by atoms with Gasteiger partial charge in [-0.2, -0.15) is 0 Å². The van der Waals surface area contributed by atoms with Crippen molar-refractivity contribution in [2.75, 3.05) is 7.11 Å². The predicted molar refractivity (Wildman–Crippen MR) is 76.0 cm³/mol. The van der Waals surface area contributed by atoms with Crippen LogP contribution in [-0.2, 0) is 5.75 Å². The monoisotopic (exact) mass is 274 g/mol. The molecule has 0 bridgehead atoms. The van der Waals surface area contributed by atoms with Gasteiger partial charge in [-0.15, -0.1) is 11.8 Å². The summed E-state index contributed by atoms with van der Waals surface area (Å²) in [7, 11) is 1.65. The Labute approximate surface area is 116 Å². The van der Waals surface area contributed by atoms with Crippen LogP contribution in [0, 0.1) is 0 Å². The topological polar surface area (TPSA) is 46.5 Å². The second-order valence-electron chi connectivity index (χ2n) is 3.94. The highest BCUT2D eigenvalue weighted by Gasteiger charge is 2.04. The van der Waals surface area contributed by atoms with Gasteiger partial charge in [-0.05, 0) is 29.8 Å². The van der Waals surface area contributed by atoms with Crippen LogP contribution in [0.4, 0.5) is 0 Å². The van der Waals surface area contributed by atoms with E-state index >= 15 is 0 Å². The van der Waals surface area contributed by atoms with E-state index < -0.39 is 5.97 Å². The van der Waals surface area contributed by atoms with E-state index in [1.807, 2.05) is 36.4 Å². The Kier molecular flexibility index (Phi) is 4.47. The third-order valence-electron chi connectivity index (χ3n) is 2.66. The van der Waals surface area contributed by atoms with Gasteiger partial charge in [-0.3, -0.25) is 0 Å². The van der Waals surface area contributed by atoms with Gasteiger partial charge in [-0.1, -0.05) is 24.3 Å². The van der Waals surface area contributed by atoms with E-state index in [9.17, 15) is 4.79 Å². The molecule has 0 saturated heterocycles. The van der Waals surface area contributed by atoms with Gasteiger partial charge >= 0.3 is 5.97 Å². The third-order valence-corrected chi connectivity index (χ3v) is 3.79. The van der Waals surface area contributed by atoms with Crippen LogP contribution in [0.3, 0.4) is 0 Å². The summed E-state index contributed by atoms with van der Waals surface area (Å²) in [5, 5.41) is 8.83. The summed E-state index contributed by atoms with van der Waals surface area (Å²) in [5.74, 6) is 0.735. The van der Waals surface area contributed by atoms with Crippen molar-refractivity contribution in [3.63, 3.8) is 0 Å². The van der Waals surface area contributed by atoms with Gasteiger partial charge in [0.05, 0.1) is 12.7 Å². The summed E-state index contributed by atoms with van der Waals surface area (Å²) in [4.78, 5) is 11.8. The molecule has 0 fully saturated rings. The van der Waals surface area contributed by atoms with Crippen molar-refractivity contribution in [1.29, 1.82) is 0 Å². The standard InChI is InChI=1S/C15H14O3S/c1-18-13-4-2-3-5-14(13)19-10-11-6-8-12(9-7-11)15(16)17/h2-9H,10H2,1H3,(H,16,17). The summed E-state index contributed by atoms with van der Waals surface area (Å²) >= 11 is 1.67. The van der Waals surface area contributed by atoms with Crippen molar-refractivity contribution in [1.82, 2.24) is 0 Å².